The lowest BCUT2D eigenvalue weighted by molar-refractivity contribution is 0.0397. The molecule has 0 bridgehead atoms. The molecule has 0 spiro atoms. The van der Waals surface area contributed by atoms with Crippen LogP contribution in [0.2, 0.25) is 0 Å². The minimum absolute atomic E-state index is 0.0339. The van der Waals surface area contributed by atoms with E-state index in [-0.39, 0.29) is 44.5 Å². The number of ether oxygens (including phenoxy) is 1. The van der Waals surface area contributed by atoms with E-state index < -0.39 is 51.8 Å². The number of thiophene rings is 2. The van der Waals surface area contributed by atoms with Crippen molar-refractivity contribution < 1.29 is 31.9 Å². The predicted molar refractivity (Wildman–Crippen MR) is 278 cm³/mol. The van der Waals surface area contributed by atoms with Crippen LogP contribution in [-0.4, -0.2) is 11.6 Å². The van der Waals surface area contributed by atoms with Crippen LogP contribution in [0.15, 0.2) is 58.9 Å². The van der Waals surface area contributed by atoms with Gasteiger partial charge in [-0.05, 0) is 85.4 Å². The van der Waals surface area contributed by atoms with Crippen LogP contribution >= 0.6 is 22.7 Å². The molecule has 2 aliphatic carbocycles. The first kappa shape index (κ1) is 53.4. The fourth-order valence-corrected chi connectivity index (χ4v) is 12.6. The molecule has 72 heavy (non-hydrogen) atoms. The Hall–Kier alpha value is -6.38. The first-order valence-electron chi connectivity index (χ1n) is 25.5. The van der Waals surface area contributed by atoms with Crippen molar-refractivity contribution in [2.24, 2.45) is 0 Å². The highest BCUT2D eigenvalue weighted by atomic mass is 32.1. The van der Waals surface area contributed by atoms with E-state index >= 15 is 0 Å². The number of rotatable bonds is 24. The molecule has 0 unspecified atom stereocenters. The molecule has 0 saturated heterocycles. The minimum Gasteiger partial charge on any atom is -0.481 e. The summed E-state index contributed by atoms with van der Waals surface area (Å²) in [5.41, 5.74) is -0.968. The van der Waals surface area contributed by atoms with Gasteiger partial charge in [0.05, 0.1) is 15.3 Å². The lowest BCUT2D eigenvalue weighted by Gasteiger charge is -2.38. The monoisotopic (exact) mass is 1010 g/mol. The molecule has 0 N–H and O–H groups in total. The molecule has 372 valence electrons. The number of fused-ring (bicyclic) bond motifs is 5. The average Bonchev–Trinajstić information content (AvgIpc) is 4.11. The number of carbonyl (C=O) groups excluding carboxylic acids is 2. The second-order valence-corrected chi connectivity index (χ2v) is 21.2. The van der Waals surface area contributed by atoms with Crippen molar-refractivity contribution >= 4 is 57.5 Å². The number of hydrogen-bond acceptors (Lipinski definition) is 7. The summed E-state index contributed by atoms with van der Waals surface area (Å²) in [6.07, 6.45) is 27.4. The number of nitrogens with zero attached hydrogens (tertiary/aromatic N) is 4. The summed E-state index contributed by atoms with van der Waals surface area (Å²) < 4.78 is 65.9. The maximum Gasteiger partial charge on any atom is 0.528 e. The Morgan fingerprint density at radius 2 is 0.958 bits per heavy atom. The van der Waals surface area contributed by atoms with Crippen molar-refractivity contribution in [2.45, 2.75) is 161 Å². The quantitative estimate of drug-likeness (QED) is 0.0229. The third kappa shape index (κ3) is 11.6. The Balaban J connectivity index is 1.30. The molecule has 2 aromatic carbocycles. The Bertz CT molecular complexity index is 2980. The Labute approximate surface area is 428 Å². The highest BCUT2D eigenvalue weighted by Crippen LogP contribution is 2.57. The van der Waals surface area contributed by atoms with Gasteiger partial charge in [0.15, 0.2) is 34.8 Å². The van der Waals surface area contributed by atoms with Gasteiger partial charge in [0.2, 0.25) is 0 Å². The van der Waals surface area contributed by atoms with E-state index in [4.69, 9.17) is 17.9 Å². The number of halogens is 4. The summed E-state index contributed by atoms with van der Waals surface area (Å²) in [4.78, 5) is 37.5. The zero-order valence-electron chi connectivity index (χ0n) is 41.0. The maximum absolute atomic E-state index is 14.7. The average molecular weight is 1010 g/mol. The number of Topliss-reactive ketones (excluding diaryl/α,β-unsaturated/α-hetero) is 2. The van der Waals surface area contributed by atoms with Crippen LogP contribution in [-0.2, 0) is 5.60 Å². The highest BCUT2D eigenvalue weighted by Gasteiger charge is 2.44. The molecule has 0 atom stereocenters. The number of hydrogen-bond donors (Lipinski definition) is 0. The number of carbonyl (C=O) groups is 2. The molecular weight excluding hydrogens is 953 g/mol. The van der Waals surface area contributed by atoms with Crippen molar-refractivity contribution in [1.29, 1.82) is 10.5 Å². The van der Waals surface area contributed by atoms with E-state index in [1.54, 1.807) is 6.08 Å². The molecule has 3 heterocycles. The Kier molecular flexibility index (Phi) is 18.4. The van der Waals surface area contributed by atoms with Crippen molar-refractivity contribution in [3.8, 4) is 27.6 Å². The lowest BCUT2D eigenvalue weighted by atomic mass is 9.81. The zero-order chi connectivity index (χ0) is 51.4. The molecule has 0 fully saturated rings. The second-order valence-electron chi connectivity index (χ2n) is 19.0. The summed E-state index contributed by atoms with van der Waals surface area (Å²) in [5.74, 6) is -6.11. The van der Waals surface area contributed by atoms with Gasteiger partial charge in [-0.25, -0.2) is 17.6 Å². The summed E-state index contributed by atoms with van der Waals surface area (Å²) in [6, 6.07) is 10.8. The second kappa shape index (κ2) is 24.8. The van der Waals surface area contributed by atoms with Gasteiger partial charge in [-0.3, -0.25) is 9.59 Å². The normalized spacial score (nSPS) is 15.1. The third-order valence-electron chi connectivity index (χ3n) is 14.0. The van der Waals surface area contributed by atoms with Crippen LogP contribution in [0.3, 0.4) is 0 Å². The molecule has 13 heteroatoms. The third-order valence-corrected chi connectivity index (χ3v) is 16.3. The standard InChI is InChI=1S/C59H58F4N4O3S2/c1-5-7-9-11-13-15-17-19-21-23-25-59(26-24-22-20-18-16-14-12-10-8-6-2)46-29-38(27-44-52(37(35-64)36-65)40-31-47(60)49(62)33-42(40)54(44)68)71-56(46)57-51(70-59)30-39(72-57)28-45-53(58(66-3)67-4)41-32-48(61)50(63)34-43(41)55(45)69/h27-34H,5-26H2,1-2H3/b44-27-,45-28-. The van der Waals surface area contributed by atoms with Gasteiger partial charge in [-0.2, -0.15) is 20.2 Å². The van der Waals surface area contributed by atoms with Crippen LogP contribution < -0.4 is 4.74 Å². The van der Waals surface area contributed by atoms with E-state index in [1.807, 2.05) is 24.3 Å². The maximum atomic E-state index is 14.7. The number of unbranched alkanes of at least 4 members (excludes halogenated alkanes) is 18. The van der Waals surface area contributed by atoms with E-state index in [2.05, 4.69) is 23.5 Å². The number of allylic oxidation sites excluding steroid dienone is 5. The molecule has 4 aromatic rings. The van der Waals surface area contributed by atoms with E-state index in [9.17, 15) is 37.7 Å². The van der Waals surface area contributed by atoms with Crippen molar-refractivity contribution in [2.75, 3.05) is 0 Å². The molecule has 0 radical (unpaired) electrons. The van der Waals surface area contributed by atoms with Crippen molar-refractivity contribution in [1.82, 2.24) is 0 Å². The van der Waals surface area contributed by atoms with Gasteiger partial charge in [-0.15, -0.1) is 22.7 Å². The Morgan fingerprint density at radius 1 is 0.569 bits per heavy atom. The molecule has 2 aromatic heterocycles. The summed E-state index contributed by atoms with van der Waals surface area (Å²) in [7, 11) is 0. The van der Waals surface area contributed by atoms with Gasteiger partial charge in [0.25, 0.3) is 0 Å². The van der Waals surface area contributed by atoms with Crippen molar-refractivity contribution in [3.63, 3.8) is 0 Å². The topological polar surface area (TPSA) is 99.7 Å². The van der Waals surface area contributed by atoms with Gasteiger partial charge < -0.3 is 4.74 Å². The molecule has 3 aliphatic rings. The minimum atomic E-state index is -1.23. The molecule has 0 saturated carbocycles. The SMILES string of the molecule is [C-]#[N+]C([N+]#[C-])=C1/C(=C/c2cc3c(s2)-c2sc(/C=C4\C(=O)c5cc(F)c(F)cc5C4=C(C#N)C#N)cc2C(CCCCCCCCCCCC)(CCCCCCCCCCCC)O3)C(=O)c2cc(F)c(F)cc21. The highest BCUT2D eigenvalue weighted by molar-refractivity contribution is 7.23. The molecule has 0 amide bonds. The number of ketones is 2. The van der Waals surface area contributed by atoms with Crippen LogP contribution in [0.5, 0.6) is 5.75 Å². The first-order valence-corrected chi connectivity index (χ1v) is 27.1. The van der Waals surface area contributed by atoms with E-state index in [0.717, 1.165) is 86.1 Å². The largest absolute Gasteiger partial charge is 0.528 e. The lowest BCUT2D eigenvalue weighted by Crippen LogP contribution is -2.35. The summed E-state index contributed by atoms with van der Waals surface area (Å²) in [5, 5.41) is 20.1. The van der Waals surface area contributed by atoms with Gasteiger partial charge in [0.1, 0.15) is 42.2 Å². The molecular formula is C59H58F4N4O3S2. The zero-order valence-corrected chi connectivity index (χ0v) is 42.7. The van der Waals surface area contributed by atoms with Crippen molar-refractivity contribution in [3.05, 3.63) is 143 Å². The van der Waals surface area contributed by atoms with Crippen LogP contribution in [0.4, 0.5) is 17.6 Å². The van der Waals surface area contributed by atoms with Gasteiger partial charge in [0, 0.05) is 43.2 Å². The first-order chi connectivity index (χ1) is 34.9. The summed E-state index contributed by atoms with van der Waals surface area (Å²) >= 11 is 2.66. The van der Waals surface area contributed by atoms with Crippen LogP contribution in [0.1, 0.15) is 202 Å². The number of benzene rings is 2. The molecule has 7 nitrogen and oxygen atoms in total. The fraction of sp³-hybridized carbons (Fsp3) is 0.424. The van der Waals surface area contributed by atoms with Crippen LogP contribution in [0.25, 0.3) is 42.7 Å². The predicted octanol–water partition coefficient (Wildman–Crippen LogP) is 18.1. The van der Waals surface area contributed by atoms with Gasteiger partial charge in [-0.1, -0.05) is 129 Å². The smallest absolute Gasteiger partial charge is 0.481 e. The number of nitriles is 2. The summed E-state index contributed by atoms with van der Waals surface area (Å²) in [6.45, 7) is 19.9. The van der Waals surface area contributed by atoms with E-state index in [1.165, 1.54) is 106 Å². The van der Waals surface area contributed by atoms with E-state index in [0.29, 0.717) is 33.2 Å². The molecule has 1 aliphatic heterocycles. The molecule has 7 rings (SSSR count). The van der Waals surface area contributed by atoms with Crippen LogP contribution in [0, 0.1) is 59.1 Å². The Morgan fingerprint density at radius 3 is 1.40 bits per heavy atom. The van der Waals surface area contributed by atoms with Gasteiger partial charge >= 0.3 is 5.82 Å². The fourth-order valence-electron chi connectivity index (χ4n) is 10.3.